The number of ether oxygens (including phenoxy) is 3. The molecule has 1 unspecified atom stereocenters. The number of methoxy groups -OCH3 is 1. The van der Waals surface area contributed by atoms with Crippen LogP contribution in [0.3, 0.4) is 0 Å². The molecular formula is C29H34FIN2O8. The number of rotatable bonds is 11. The van der Waals surface area contributed by atoms with Crippen molar-refractivity contribution in [3.63, 3.8) is 0 Å². The molecule has 0 saturated carbocycles. The van der Waals surface area contributed by atoms with Gasteiger partial charge in [0, 0.05) is 31.7 Å². The highest BCUT2D eigenvalue weighted by molar-refractivity contribution is 14.1. The second kappa shape index (κ2) is 14.4. The molecule has 4 atom stereocenters. The van der Waals surface area contributed by atoms with Crippen molar-refractivity contribution in [2.45, 2.75) is 44.2 Å². The second-order valence-corrected chi connectivity index (χ2v) is 11.1. The summed E-state index contributed by atoms with van der Waals surface area (Å²) in [6.45, 7) is 0.322. The molecule has 2 aromatic carbocycles. The van der Waals surface area contributed by atoms with Crippen molar-refractivity contribution in [1.82, 2.24) is 10.2 Å². The minimum Gasteiger partial charge on any atom is -0.493 e. The molecule has 0 spiro atoms. The molecule has 4 N–H and O–H groups in total. The number of carbonyl (C=O) groups excluding carboxylic acids is 2. The molecule has 2 aromatic rings. The SMILES string of the molecule is COc1cc(CO)cc(I)c1O[C@H]1C=C(C(=O)NCCO)C[C@@H](N(Cc2ccc(F)cc2)C(=O)C2CCOC2)[C@@H]1O. The molecule has 2 amide bonds. The molecule has 0 radical (unpaired) electrons. The van der Waals surface area contributed by atoms with E-state index in [-0.39, 0.29) is 50.8 Å². The average molecular weight is 684 g/mol. The number of nitrogens with one attached hydrogen (secondary N) is 1. The van der Waals surface area contributed by atoms with Gasteiger partial charge in [-0.3, -0.25) is 9.59 Å². The van der Waals surface area contributed by atoms with E-state index in [9.17, 15) is 29.3 Å². The van der Waals surface area contributed by atoms with Gasteiger partial charge in [-0.15, -0.1) is 0 Å². The fourth-order valence-electron chi connectivity index (χ4n) is 5.00. The first-order chi connectivity index (χ1) is 19.7. The number of aliphatic hydroxyl groups excluding tert-OH is 3. The van der Waals surface area contributed by atoms with Crippen molar-refractivity contribution in [3.05, 3.63) is 68.6 Å². The fourth-order valence-corrected chi connectivity index (χ4v) is 5.80. The average Bonchev–Trinajstić information content (AvgIpc) is 3.52. The zero-order valence-electron chi connectivity index (χ0n) is 22.6. The summed E-state index contributed by atoms with van der Waals surface area (Å²) in [7, 11) is 1.45. The van der Waals surface area contributed by atoms with Gasteiger partial charge in [-0.25, -0.2) is 4.39 Å². The molecular weight excluding hydrogens is 650 g/mol. The monoisotopic (exact) mass is 684 g/mol. The van der Waals surface area contributed by atoms with Crippen LogP contribution in [0.1, 0.15) is 24.0 Å². The molecule has 1 saturated heterocycles. The Hall–Kier alpha value is -2.78. The van der Waals surface area contributed by atoms with Crippen molar-refractivity contribution in [2.24, 2.45) is 5.92 Å². The van der Waals surface area contributed by atoms with Gasteiger partial charge in [0.25, 0.3) is 0 Å². The molecule has 4 rings (SSSR count). The van der Waals surface area contributed by atoms with Crippen molar-refractivity contribution in [2.75, 3.05) is 33.5 Å². The van der Waals surface area contributed by atoms with Gasteiger partial charge in [-0.05, 0) is 70.5 Å². The Kier molecular flexibility index (Phi) is 10.9. The molecule has 1 aliphatic carbocycles. The summed E-state index contributed by atoms with van der Waals surface area (Å²) in [6.07, 6.45) is -0.254. The Bertz CT molecular complexity index is 1250. The lowest BCUT2D eigenvalue weighted by Gasteiger charge is -2.41. The third kappa shape index (κ3) is 7.55. The molecule has 0 bridgehead atoms. The van der Waals surface area contributed by atoms with Crippen LogP contribution in [0.2, 0.25) is 0 Å². The van der Waals surface area contributed by atoms with Crippen LogP contribution in [0, 0.1) is 15.3 Å². The number of amides is 2. The maximum Gasteiger partial charge on any atom is 0.247 e. The molecule has 2 aliphatic rings. The molecule has 41 heavy (non-hydrogen) atoms. The predicted octanol–water partition coefficient (Wildman–Crippen LogP) is 1.91. The van der Waals surface area contributed by atoms with E-state index in [2.05, 4.69) is 5.32 Å². The van der Waals surface area contributed by atoms with Gasteiger partial charge in [0.05, 0.1) is 42.5 Å². The molecule has 1 heterocycles. The van der Waals surface area contributed by atoms with Crippen LogP contribution in [0.25, 0.3) is 0 Å². The molecule has 222 valence electrons. The van der Waals surface area contributed by atoms with E-state index in [0.717, 1.165) is 0 Å². The van der Waals surface area contributed by atoms with Crippen LogP contribution in [0.15, 0.2) is 48.0 Å². The van der Waals surface area contributed by atoms with Gasteiger partial charge in [-0.2, -0.15) is 0 Å². The number of halogens is 2. The summed E-state index contributed by atoms with van der Waals surface area (Å²) >= 11 is 2.04. The molecule has 1 aliphatic heterocycles. The smallest absolute Gasteiger partial charge is 0.247 e. The van der Waals surface area contributed by atoms with E-state index < -0.39 is 35.9 Å². The molecule has 0 aromatic heterocycles. The Labute approximate surface area is 251 Å². The lowest BCUT2D eigenvalue weighted by atomic mass is 9.87. The topological polar surface area (TPSA) is 138 Å². The highest BCUT2D eigenvalue weighted by atomic mass is 127. The van der Waals surface area contributed by atoms with Crippen molar-refractivity contribution < 1.29 is 43.5 Å². The van der Waals surface area contributed by atoms with Gasteiger partial charge in [-0.1, -0.05) is 12.1 Å². The van der Waals surface area contributed by atoms with Crippen molar-refractivity contribution >= 4 is 34.4 Å². The van der Waals surface area contributed by atoms with Gasteiger partial charge in [0.15, 0.2) is 11.5 Å². The van der Waals surface area contributed by atoms with Crippen LogP contribution in [0.4, 0.5) is 4.39 Å². The number of hydrogen-bond donors (Lipinski definition) is 4. The Morgan fingerprint density at radius 2 is 1.95 bits per heavy atom. The lowest BCUT2D eigenvalue weighted by molar-refractivity contribution is -0.143. The fraction of sp³-hybridized carbons (Fsp3) is 0.448. The zero-order chi connectivity index (χ0) is 29.5. The molecule has 12 heteroatoms. The molecule has 10 nitrogen and oxygen atoms in total. The third-order valence-corrected chi connectivity index (χ3v) is 7.97. The summed E-state index contributed by atoms with van der Waals surface area (Å²) in [5, 5.41) is 33.2. The first-order valence-electron chi connectivity index (χ1n) is 13.3. The first kappa shape index (κ1) is 31.2. The standard InChI is InChI=1S/C29H34FIN2O8/c1-39-25-11-18(15-35)10-22(31)27(25)41-24-13-20(28(37)32-7-8-34)12-23(26(24)36)33(29(38)19-6-9-40-16-19)14-17-2-4-21(30)5-3-17/h2-5,10-11,13,19,23-24,26,34-36H,6-9,12,14-16H2,1H3,(H,32,37)/t19?,23-,24+,26+/m1/s1. The Morgan fingerprint density at radius 3 is 2.59 bits per heavy atom. The number of nitrogens with zero attached hydrogens (tertiary/aromatic N) is 1. The van der Waals surface area contributed by atoms with Crippen molar-refractivity contribution in [1.29, 1.82) is 0 Å². The van der Waals surface area contributed by atoms with Crippen LogP contribution < -0.4 is 14.8 Å². The number of benzene rings is 2. The quantitative estimate of drug-likeness (QED) is 0.264. The van der Waals surface area contributed by atoms with Gasteiger partial charge in [0.2, 0.25) is 11.8 Å². The number of aliphatic hydroxyl groups is 3. The van der Waals surface area contributed by atoms with Gasteiger partial charge in [0.1, 0.15) is 18.0 Å². The van der Waals surface area contributed by atoms with E-state index in [1.165, 1.54) is 30.2 Å². The molecule has 1 fully saturated rings. The Morgan fingerprint density at radius 1 is 1.20 bits per heavy atom. The largest absolute Gasteiger partial charge is 0.493 e. The first-order valence-corrected chi connectivity index (χ1v) is 14.4. The summed E-state index contributed by atoms with van der Waals surface area (Å²) in [4.78, 5) is 28.4. The summed E-state index contributed by atoms with van der Waals surface area (Å²) in [5.74, 6) is -0.902. The third-order valence-electron chi connectivity index (χ3n) is 7.17. The van der Waals surface area contributed by atoms with Crippen LogP contribution in [-0.4, -0.2) is 83.8 Å². The van der Waals surface area contributed by atoms with E-state index in [4.69, 9.17) is 14.2 Å². The summed E-state index contributed by atoms with van der Waals surface area (Å²) in [6, 6.07) is 8.21. The summed E-state index contributed by atoms with van der Waals surface area (Å²) in [5.41, 5.74) is 1.54. The number of hydrogen-bond acceptors (Lipinski definition) is 8. The van der Waals surface area contributed by atoms with Gasteiger partial charge >= 0.3 is 0 Å². The maximum absolute atomic E-state index is 13.8. The van der Waals surface area contributed by atoms with E-state index in [1.54, 1.807) is 24.3 Å². The van der Waals surface area contributed by atoms with Crippen LogP contribution >= 0.6 is 22.6 Å². The van der Waals surface area contributed by atoms with Crippen molar-refractivity contribution in [3.8, 4) is 11.5 Å². The maximum atomic E-state index is 13.8. The number of carbonyl (C=O) groups is 2. The van der Waals surface area contributed by atoms with E-state index in [1.807, 2.05) is 22.6 Å². The predicted molar refractivity (Wildman–Crippen MR) is 155 cm³/mol. The highest BCUT2D eigenvalue weighted by Gasteiger charge is 2.42. The Balaban J connectivity index is 1.72. The second-order valence-electron chi connectivity index (χ2n) is 9.94. The summed E-state index contributed by atoms with van der Waals surface area (Å²) < 4.78 is 31.5. The zero-order valence-corrected chi connectivity index (χ0v) is 24.8. The minimum atomic E-state index is -1.26. The highest BCUT2D eigenvalue weighted by Crippen LogP contribution is 2.37. The normalized spacial score (nSPS) is 22.1. The van der Waals surface area contributed by atoms with Crippen LogP contribution in [-0.2, 0) is 27.5 Å². The minimum absolute atomic E-state index is 0.0243. The lowest BCUT2D eigenvalue weighted by Crippen LogP contribution is -2.56. The van der Waals surface area contributed by atoms with E-state index in [0.29, 0.717) is 39.2 Å². The van der Waals surface area contributed by atoms with Crippen LogP contribution in [0.5, 0.6) is 11.5 Å². The van der Waals surface area contributed by atoms with E-state index >= 15 is 0 Å². The van der Waals surface area contributed by atoms with Gasteiger partial charge < -0.3 is 39.7 Å².